The second-order valence-electron chi connectivity index (χ2n) is 5.34. The second kappa shape index (κ2) is 6.07. The number of alkyl halides is 1. The summed E-state index contributed by atoms with van der Waals surface area (Å²) in [6.07, 6.45) is 0. The van der Waals surface area contributed by atoms with Gasteiger partial charge in [0.25, 0.3) is 0 Å². The minimum absolute atomic E-state index is 0.235. The monoisotopic (exact) mass is 308 g/mol. The van der Waals surface area contributed by atoms with Crippen LogP contribution in [0, 0.1) is 0 Å². The van der Waals surface area contributed by atoms with Crippen LogP contribution in [0.25, 0.3) is 0 Å². The third kappa shape index (κ3) is 2.94. The van der Waals surface area contributed by atoms with Crippen LogP contribution in [0.4, 0.5) is 0 Å². The predicted octanol–water partition coefficient (Wildman–Crippen LogP) is 5.61. The van der Waals surface area contributed by atoms with Crippen molar-refractivity contribution in [2.24, 2.45) is 0 Å². The lowest BCUT2D eigenvalue weighted by Gasteiger charge is -2.32. The third-order valence-corrected chi connectivity index (χ3v) is 4.63. The molecule has 0 spiro atoms. The van der Waals surface area contributed by atoms with Gasteiger partial charge in [0.1, 0.15) is 5.75 Å². The average molecular weight is 309 g/mol. The van der Waals surface area contributed by atoms with Gasteiger partial charge in [0.15, 0.2) is 0 Å². The standard InChI is InChI=1S/C17H18Cl2O/c1-17(2,12-7-5-4-6-8-12)16(19)14-11-13(18)9-10-15(14)20-3/h4-11,16H,1-3H3. The van der Waals surface area contributed by atoms with Gasteiger partial charge in [-0.1, -0.05) is 55.8 Å². The van der Waals surface area contributed by atoms with Crippen molar-refractivity contribution in [3.8, 4) is 5.75 Å². The molecule has 2 aromatic carbocycles. The Kier molecular flexibility index (Phi) is 4.62. The van der Waals surface area contributed by atoms with Gasteiger partial charge >= 0.3 is 0 Å². The minimum atomic E-state index is -0.237. The molecule has 0 aromatic heterocycles. The molecule has 0 aliphatic carbocycles. The third-order valence-electron chi connectivity index (χ3n) is 3.62. The van der Waals surface area contributed by atoms with Gasteiger partial charge in [-0.3, -0.25) is 0 Å². The molecule has 0 bridgehead atoms. The van der Waals surface area contributed by atoms with Crippen LogP contribution < -0.4 is 4.74 Å². The lowest BCUT2D eigenvalue weighted by molar-refractivity contribution is 0.400. The van der Waals surface area contributed by atoms with Gasteiger partial charge in [-0.05, 0) is 23.8 Å². The van der Waals surface area contributed by atoms with Crippen molar-refractivity contribution < 1.29 is 4.74 Å². The molecule has 0 radical (unpaired) electrons. The van der Waals surface area contributed by atoms with E-state index >= 15 is 0 Å². The number of halogens is 2. The normalized spacial score (nSPS) is 13.1. The van der Waals surface area contributed by atoms with Crippen LogP contribution in [-0.2, 0) is 5.41 Å². The summed E-state index contributed by atoms with van der Waals surface area (Å²) in [5, 5.41) is 0.425. The van der Waals surface area contributed by atoms with Crippen LogP contribution >= 0.6 is 23.2 Å². The molecule has 3 heteroatoms. The summed E-state index contributed by atoms with van der Waals surface area (Å²) in [6, 6.07) is 15.8. The van der Waals surface area contributed by atoms with Gasteiger partial charge < -0.3 is 4.74 Å². The van der Waals surface area contributed by atoms with Crippen LogP contribution in [0.3, 0.4) is 0 Å². The highest BCUT2D eigenvalue weighted by Crippen LogP contribution is 2.45. The molecule has 2 rings (SSSR count). The van der Waals surface area contributed by atoms with E-state index in [1.54, 1.807) is 7.11 Å². The summed E-state index contributed by atoms with van der Waals surface area (Å²) in [5.41, 5.74) is 1.86. The maximum atomic E-state index is 6.75. The topological polar surface area (TPSA) is 9.23 Å². The quantitative estimate of drug-likeness (QED) is 0.667. The van der Waals surface area contributed by atoms with E-state index in [9.17, 15) is 0 Å². The highest BCUT2D eigenvalue weighted by atomic mass is 35.5. The molecule has 1 unspecified atom stereocenters. The summed E-state index contributed by atoms with van der Waals surface area (Å²) >= 11 is 12.8. The molecular formula is C17H18Cl2O. The Bertz CT molecular complexity index is 579. The van der Waals surface area contributed by atoms with E-state index in [-0.39, 0.29) is 10.8 Å². The lowest BCUT2D eigenvalue weighted by atomic mass is 9.78. The fraction of sp³-hybridized carbons (Fsp3) is 0.294. The molecule has 1 atom stereocenters. The van der Waals surface area contributed by atoms with E-state index in [1.165, 1.54) is 5.56 Å². The van der Waals surface area contributed by atoms with Gasteiger partial charge in [-0.25, -0.2) is 0 Å². The smallest absolute Gasteiger partial charge is 0.123 e. The van der Waals surface area contributed by atoms with Crippen molar-refractivity contribution in [2.75, 3.05) is 7.11 Å². The molecule has 0 N–H and O–H groups in total. The maximum absolute atomic E-state index is 6.75. The van der Waals surface area contributed by atoms with E-state index in [2.05, 4.69) is 26.0 Å². The van der Waals surface area contributed by atoms with Crippen LogP contribution in [0.2, 0.25) is 5.02 Å². The number of methoxy groups -OCH3 is 1. The Morgan fingerprint density at radius 2 is 1.70 bits per heavy atom. The molecule has 0 saturated heterocycles. The molecule has 0 saturated carbocycles. The molecule has 0 aliphatic rings. The van der Waals surface area contributed by atoms with Crippen LogP contribution in [0.1, 0.15) is 30.4 Å². The van der Waals surface area contributed by atoms with Crippen molar-refractivity contribution in [3.05, 3.63) is 64.7 Å². The summed E-state index contributed by atoms with van der Waals surface area (Å²) in [4.78, 5) is 0. The number of hydrogen-bond acceptors (Lipinski definition) is 1. The molecule has 0 fully saturated rings. The number of ether oxygens (including phenoxy) is 1. The average Bonchev–Trinajstić information content (AvgIpc) is 2.47. The molecule has 2 aromatic rings. The number of benzene rings is 2. The van der Waals surface area contributed by atoms with Crippen molar-refractivity contribution in [1.82, 2.24) is 0 Å². The zero-order chi connectivity index (χ0) is 14.8. The first-order valence-electron chi connectivity index (χ1n) is 6.50. The fourth-order valence-corrected chi connectivity index (χ4v) is 2.78. The highest BCUT2D eigenvalue weighted by Gasteiger charge is 2.32. The summed E-state index contributed by atoms with van der Waals surface area (Å²) in [5.74, 6) is 0.762. The number of hydrogen-bond donors (Lipinski definition) is 0. The molecule has 0 amide bonds. The first-order valence-corrected chi connectivity index (χ1v) is 7.31. The second-order valence-corrected chi connectivity index (χ2v) is 6.21. The van der Waals surface area contributed by atoms with Crippen molar-refractivity contribution in [3.63, 3.8) is 0 Å². The zero-order valence-corrected chi connectivity index (χ0v) is 13.4. The molecule has 0 aliphatic heterocycles. The first-order chi connectivity index (χ1) is 9.46. The van der Waals surface area contributed by atoms with Gasteiger partial charge in [-0.15, -0.1) is 11.6 Å². The molecule has 20 heavy (non-hydrogen) atoms. The Morgan fingerprint density at radius 1 is 1.05 bits per heavy atom. The van der Waals surface area contributed by atoms with Gasteiger partial charge in [0.2, 0.25) is 0 Å². The van der Waals surface area contributed by atoms with Gasteiger partial charge in [0.05, 0.1) is 12.5 Å². The highest BCUT2D eigenvalue weighted by molar-refractivity contribution is 6.31. The molecule has 106 valence electrons. The summed E-state index contributed by atoms with van der Waals surface area (Å²) in [7, 11) is 1.64. The molecule has 0 heterocycles. The Labute approximate surface area is 130 Å². The van der Waals surface area contributed by atoms with E-state index in [4.69, 9.17) is 27.9 Å². The molecular weight excluding hydrogens is 291 g/mol. The molecule has 1 nitrogen and oxygen atoms in total. The Morgan fingerprint density at radius 3 is 2.30 bits per heavy atom. The Balaban J connectivity index is 2.45. The maximum Gasteiger partial charge on any atom is 0.123 e. The lowest BCUT2D eigenvalue weighted by Crippen LogP contribution is -2.23. The minimum Gasteiger partial charge on any atom is -0.496 e. The Hall–Kier alpha value is -1.18. The SMILES string of the molecule is COc1ccc(Cl)cc1C(Cl)C(C)(C)c1ccccc1. The zero-order valence-electron chi connectivity index (χ0n) is 11.9. The van der Waals surface area contributed by atoms with Crippen LogP contribution in [0.15, 0.2) is 48.5 Å². The predicted molar refractivity (Wildman–Crippen MR) is 86.1 cm³/mol. The van der Waals surface area contributed by atoms with E-state index in [1.807, 2.05) is 36.4 Å². The van der Waals surface area contributed by atoms with Gasteiger partial charge in [0, 0.05) is 16.0 Å². The van der Waals surface area contributed by atoms with Crippen LogP contribution in [-0.4, -0.2) is 7.11 Å². The van der Waals surface area contributed by atoms with E-state index < -0.39 is 0 Å². The fourth-order valence-electron chi connectivity index (χ4n) is 2.31. The van der Waals surface area contributed by atoms with Crippen molar-refractivity contribution in [2.45, 2.75) is 24.6 Å². The van der Waals surface area contributed by atoms with Crippen molar-refractivity contribution >= 4 is 23.2 Å². The van der Waals surface area contributed by atoms with E-state index in [0.717, 1.165) is 11.3 Å². The van der Waals surface area contributed by atoms with Crippen molar-refractivity contribution in [1.29, 1.82) is 0 Å². The van der Waals surface area contributed by atoms with Crippen LogP contribution in [0.5, 0.6) is 5.75 Å². The first kappa shape index (κ1) is 15.2. The van der Waals surface area contributed by atoms with E-state index in [0.29, 0.717) is 5.02 Å². The summed E-state index contributed by atoms with van der Waals surface area (Å²) in [6.45, 7) is 4.25. The largest absolute Gasteiger partial charge is 0.496 e. The van der Waals surface area contributed by atoms with Gasteiger partial charge in [-0.2, -0.15) is 0 Å². The number of rotatable bonds is 4. The summed E-state index contributed by atoms with van der Waals surface area (Å²) < 4.78 is 5.41.